The highest BCUT2D eigenvalue weighted by Gasteiger charge is 2.18. The first kappa shape index (κ1) is 20.2. The molecule has 0 saturated carbocycles. The molecule has 0 spiro atoms. The Labute approximate surface area is 133 Å². The monoisotopic (exact) mass is 314 g/mol. The van der Waals surface area contributed by atoms with Crippen LogP contribution in [0.1, 0.15) is 48.5 Å². The van der Waals surface area contributed by atoms with Gasteiger partial charge in [-0.05, 0) is 32.6 Å². The Morgan fingerprint density at radius 1 is 1.05 bits per heavy atom. The Kier molecular flexibility index (Phi) is 8.52. The van der Waals surface area contributed by atoms with Crippen molar-refractivity contribution < 1.29 is 14.3 Å². The van der Waals surface area contributed by atoms with Crippen LogP contribution in [0.3, 0.4) is 0 Å². The number of hydrogen-bond donors (Lipinski definition) is 3. The molecule has 0 unspecified atom stereocenters. The molecule has 0 aliphatic heterocycles. The van der Waals surface area contributed by atoms with Crippen molar-refractivity contribution in [3.05, 3.63) is 0 Å². The fourth-order valence-corrected chi connectivity index (χ4v) is 1.23. The largest absolute Gasteiger partial charge is 0.444 e. The Hall–Kier alpha value is -1.79. The highest BCUT2D eigenvalue weighted by atomic mass is 16.6. The van der Waals surface area contributed by atoms with Crippen LogP contribution in [0.15, 0.2) is 4.99 Å². The summed E-state index contributed by atoms with van der Waals surface area (Å²) in [7, 11) is 0. The summed E-state index contributed by atoms with van der Waals surface area (Å²) in [4.78, 5) is 27.7. The lowest BCUT2D eigenvalue weighted by atomic mass is 10.2. The van der Waals surface area contributed by atoms with Gasteiger partial charge in [-0.3, -0.25) is 15.6 Å². The van der Waals surface area contributed by atoms with Crippen molar-refractivity contribution >= 4 is 18.1 Å². The van der Waals surface area contributed by atoms with Gasteiger partial charge >= 0.3 is 12.1 Å². The van der Waals surface area contributed by atoms with Crippen molar-refractivity contribution in [2.75, 3.05) is 13.1 Å². The minimum Gasteiger partial charge on any atom is -0.444 e. The number of hydrogen-bond acceptors (Lipinski definition) is 4. The van der Waals surface area contributed by atoms with E-state index in [2.05, 4.69) is 20.9 Å². The second-order valence-corrected chi connectivity index (χ2v) is 6.94. The molecule has 0 bridgehead atoms. The number of amides is 3. The average Bonchev–Trinajstić information content (AvgIpc) is 2.31. The van der Waals surface area contributed by atoms with E-state index in [9.17, 15) is 9.59 Å². The summed E-state index contributed by atoms with van der Waals surface area (Å²) in [6, 6.07) is -0.410. The van der Waals surface area contributed by atoms with Crippen molar-refractivity contribution in [2.45, 2.75) is 54.1 Å². The van der Waals surface area contributed by atoms with E-state index in [0.717, 1.165) is 0 Å². The van der Waals surface area contributed by atoms with E-state index in [1.807, 2.05) is 27.7 Å². The Balaban J connectivity index is 4.66. The fourth-order valence-electron chi connectivity index (χ4n) is 1.23. The molecule has 0 atom stereocenters. The van der Waals surface area contributed by atoms with E-state index in [4.69, 9.17) is 4.74 Å². The highest BCUT2D eigenvalue weighted by Crippen LogP contribution is 2.06. The average molecular weight is 314 g/mol. The number of carbonyl (C=O) groups excluding carboxylic acids is 2. The standard InChI is InChI=1S/C15H30N4O3/c1-10(2)8-16-12(18-13(20)17-9-11(3)4)19-14(21)22-15(5,6)7/h10-11H,8-9H2,1-7H3,(H3,16,17,18,19,20,21). The van der Waals surface area contributed by atoms with Crippen LogP contribution < -0.4 is 16.0 Å². The number of ether oxygens (including phenoxy) is 1. The quantitative estimate of drug-likeness (QED) is 0.550. The SMILES string of the molecule is CC(C)CN=C(NC(=O)NCC(C)C)NC(=O)OC(C)(C)C. The number of carbonyl (C=O) groups is 2. The minimum atomic E-state index is -0.654. The molecule has 128 valence electrons. The van der Waals surface area contributed by atoms with E-state index in [0.29, 0.717) is 24.9 Å². The van der Waals surface area contributed by atoms with Crippen LogP contribution in [-0.4, -0.2) is 36.8 Å². The number of guanidine groups is 1. The molecule has 3 amide bonds. The normalized spacial score (nSPS) is 12.3. The Morgan fingerprint density at radius 3 is 2.09 bits per heavy atom. The van der Waals surface area contributed by atoms with Crippen molar-refractivity contribution in [3.63, 3.8) is 0 Å². The van der Waals surface area contributed by atoms with Gasteiger partial charge in [0.2, 0.25) is 5.96 Å². The third-order valence-corrected chi connectivity index (χ3v) is 2.14. The van der Waals surface area contributed by atoms with Crippen LogP contribution in [0.5, 0.6) is 0 Å². The molecule has 7 heteroatoms. The van der Waals surface area contributed by atoms with Gasteiger partial charge in [-0.1, -0.05) is 27.7 Å². The maximum absolute atomic E-state index is 11.8. The summed E-state index contributed by atoms with van der Waals surface area (Å²) >= 11 is 0. The van der Waals surface area contributed by atoms with Crippen LogP contribution in [-0.2, 0) is 4.74 Å². The second-order valence-electron chi connectivity index (χ2n) is 6.94. The molecule has 0 radical (unpaired) electrons. The Morgan fingerprint density at radius 2 is 1.64 bits per heavy atom. The first-order chi connectivity index (χ1) is 9.99. The predicted molar refractivity (Wildman–Crippen MR) is 87.9 cm³/mol. The summed E-state index contributed by atoms with van der Waals surface area (Å²) < 4.78 is 5.15. The number of aliphatic imine (C=N–C) groups is 1. The van der Waals surface area contributed by atoms with E-state index in [1.54, 1.807) is 20.8 Å². The van der Waals surface area contributed by atoms with Crippen molar-refractivity contribution in [2.24, 2.45) is 16.8 Å². The molecule has 0 aromatic heterocycles. The van der Waals surface area contributed by atoms with Gasteiger partial charge in [-0.25, -0.2) is 9.59 Å². The van der Waals surface area contributed by atoms with Gasteiger partial charge in [0, 0.05) is 13.1 Å². The van der Waals surface area contributed by atoms with Crippen LogP contribution in [0.4, 0.5) is 9.59 Å². The lowest BCUT2D eigenvalue weighted by Crippen LogP contribution is -2.49. The number of nitrogens with one attached hydrogen (secondary N) is 3. The number of urea groups is 1. The number of nitrogens with zero attached hydrogens (tertiary/aromatic N) is 1. The molecule has 0 aromatic rings. The van der Waals surface area contributed by atoms with Crippen LogP contribution >= 0.6 is 0 Å². The van der Waals surface area contributed by atoms with Crippen LogP contribution in [0.25, 0.3) is 0 Å². The summed E-state index contributed by atoms with van der Waals surface area (Å²) in [5.41, 5.74) is -0.618. The molecule has 0 heterocycles. The smallest absolute Gasteiger partial charge is 0.414 e. The van der Waals surface area contributed by atoms with E-state index < -0.39 is 17.7 Å². The lowest BCUT2D eigenvalue weighted by Gasteiger charge is -2.20. The van der Waals surface area contributed by atoms with Gasteiger partial charge in [0.25, 0.3) is 0 Å². The summed E-state index contributed by atoms with van der Waals surface area (Å²) in [6.45, 7) is 14.3. The second kappa shape index (κ2) is 9.27. The molecular formula is C15H30N4O3. The molecule has 22 heavy (non-hydrogen) atoms. The lowest BCUT2D eigenvalue weighted by molar-refractivity contribution is 0.0561. The third-order valence-electron chi connectivity index (χ3n) is 2.14. The maximum Gasteiger partial charge on any atom is 0.414 e. The van der Waals surface area contributed by atoms with Gasteiger partial charge in [-0.15, -0.1) is 0 Å². The van der Waals surface area contributed by atoms with E-state index in [-0.39, 0.29) is 5.96 Å². The number of rotatable bonds is 4. The van der Waals surface area contributed by atoms with Crippen LogP contribution in [0.2, 0.25) is 0 Å². The molecule has 0 saturated heterocycles. The zero-order valence-electron chi connectivity index (χ0n) is 14.7. The van der Waals surface area contributed by atoms with Gasteiger partial charge in [0.05, 0.1) is 0 Å². The van der Waals surface area contributed by atoms with Gasteiger partial charge < -0.3 is 10.1 Å². The first-order valence-corrected chi connectivity index (χ1v) is 7.59. The Bertz CT molecular complexity index is 398. The molecule has 0 aliphatic rings. The highest BCUT2D eigenvalue weighted by molar-refractivity contribution is 6.02. The molecule has 7 nitrogen and oxygen atoms in total. The molecule has 3 N–H and O–H groups in total. The van der Waals surface area contributed by atoms with Crippen molar-refractivity contribution in [1.82, 2.24) is 16.0 Å². The zero-order valence-corrected chi connectivity index (χ0v) is 14.7. The molecule has 0 fully saturated rings. The summed E-state index contributed by atoms with van der Waals surface area (Å²) in [5.74, 6) is 0.723. The third kappa shape index (κ3) is 12.0. The molecule has 0 rings (SSSR count). The summed E-state index contributed by atoms with van der Waals surface area (Å²) in [5, 5.41) is 7.70. The molecule has 0 aliphatic carbocycles. The fraction of sp³-hybridized carbons (Fsp3) is 0.800. The van der Waals surface area contributed by atoms with Crippen molar-refractivity contribution in [1.29, 1.82) is 0 Å². The minimum absolute atomic E-state index is 0.0872. The topological polar surface area (TPSA) is 91.8 Å². The van der Waals surface area contributed by atoms with Crippen molar-refractivity contribution in [3.8, 4) is 0 Å². The van der Waals surface area contributed by atoms with Gasteiger partial charge in [-0.2, -0.15) is 0 Å². The first-order valence-electron chi connectivity index (χ1n) is 7.59. The molecule has 0 aromatic carbocycles. The zero-order chi connectivity index (χ0) is 17.3. The van der Waals surface area contributed by atoms with E-state index in [1.165, 1.54) is 0 Å². The van der Waals surface area contributed by atoms with Gasteiger partial charge in [0.1, 0.15) is 5.60 Å². The van der Waals surface area contributed by atoms with Crippen LogP contribution in [0, 0.1) is 11.8 Å². The number of alkyl carbamates (subject to hydrolysis) is 1. The van der Waals surface area contributed by atoms with Gasteiger partial charge in [0.15, 0.2) is 0 Å². The maximum atomic E-state index is 11.8. The van der Waals surface area contributed by atoms with E-state index >= 15 is 0 Å². The molecular weight excluding hydrogens is 284 g/mol. The summed E-state index contributed by atoms with van der Waals surface area (Å²) in [6.07, 6.45) is -0.654. The predicted octanol–water partition coefficient (Wildman–Crippen LogP) is 2.48.